The molecule has 1 aliphatic heterocycles. The Balaban J connectivity index is 2.14. The lowest BCUT2D eigenvalue weighted by Gasteiger charge is -2.25. The number of aliphatic hydroxyl groups excluding tert-OH is 1. The maximum Gasteiger partial charge on any atom is 0.295 e. The summed E-state index contributed by atoms with van der Waals surface area (Å²) in [7, 11) is 0. The molecule has 2 aromatic rings. The predicted octanol–water partition coefficient (Wildman–Crippen LogP) is 5.31. The van der Waals surface area contributed by atoms with Crippen LogP contribution in [0.4, 0.5) is 0 Å². The molecule has 1 atom stereocenters. The van der Waals surface area contributed by atoms with Gasteiger partial charge in [0.25, 0.3) is 11.7 Å². The average molecular weight is 422 g/mol. The lowest BCUT2D eigenvalue weighted by atomic mass is 9.94. The van der Waals surface area contributed by atoms with Crippen LogP contribution in [0, 0.1) is 13.8 Å². The summed E-state index contributed by atoms with van der Waals surface area (Å²) in [5.74, 6) is -0.655. The van der Waals surface area contributed by atoms with Crippen molar-refractivity contribution < 1.29 is 19.4 Å². The van der Waals surface area contributed by atoms with Crippen molar-refractivity contribution in [2.45, 2.75) is 53.0 Å². The van der Waals surface area contributed by atoms with Crippen LogP contribution >= 0.6 is 0 Å². The van der Waals surface area contributed by atoms with Crippen molar-refractivity contribution in [1.29, 1.82) is 0 Å². The van der Waals surface area contributed by atoms with Gasteiger partial charge < -0.3 is 14.7 Å². The molecule has 2 aromatic carbocycles. The van der Waals surface area contributed by atoms with E-state index in [-0.39, 0.29) is 11.3 Å². The smallest absolute Gasteiger partial charge is 0.295 e. The minimum absolute atomic E-state index is 0.134. The first-order chi connectivity index (χ1) is 14.9. The van der Waals surface area contributed by atoms with E-state index in [1.807, 2.05) is 64.1 Å². The van der Waals surface area contributed by atoms with Crippen LogP contribution in [0.2, 0.25) is 0 Å². The Kier molecular flexibility index (Phi) is 7.16. The zero-order valence-electron chi connectivity index (χ0n) is 18.8. The van der Waals surface area contributed by atoms with Gasteiger partial charge in [0.15, 0.2) is 0 Å². The number of hydrogen-bond acceptors (Lipinski definition) is 4. The molecule has 1 heterocycles. The zero-order chi connectivity index (χ0) is 22.5. The van der Waals surface area contributed by atoms with E-state index in [4.69, 9.17) is 4.74 Å². The Morgan fingerprint density at radius 1 is 1.03 bits per heavy atom. The highest BCUT2D eigenvalue weighted by Gasteiger charge is 2.45. The number of amides is 1. The molecule has 5 heteroatoms. The van der Waals surface area contributed by atoms with Gasteiger partial charge in [0.2, 0.25) is 0 Å². The molecule has 1 amide bonds. The molecule has 1 N–H and O–H groups in total. The number of unbranched alkanes of at least 4 members (excludes halogenated alkanes) is 1. The maximum atomic E-state index is 13.0. The van der Waals surface area contributed by atoms with Crippen LogP contribution in [0.1, 0.15) is 61.4 Å². The summed E-state index contributed by atoms with van der Waals surface area (Å²) in [6.07, 6.45) is 2.55. The molecule has 164 valence electrons. The molecule has 3 rings (SSSR count). The standard InChI is InChI=1S/C26H31NO4/c1-5-7-13-27-23(19-9-8-10-21(16-19)31-14-6-2)22(25(29)26(27)30)24(28)20-12-11-17(3)18(4)15-20/h8-12,15-16,23,28H,5-7,13-14H2,1-4H3/b24-22-. The van der Waals surface area contributed by atoms with Gasteiger partial charge in [-0.1, -0.05) is 44.5 Å². The summed E-state index contributed by atoms with van der Waals surface area (Å²) in [5.41, 5.74) is 3.54. The second kappa shape index (κ2) is 9.82. The number of ketones is 1. The number of benzene rings is 2. The quantitative estimate of drug-likeness (QED) is 0.356. The van der Waals surface area contributed by atoms with Crippen molar-refractivity contribution in [2.24, 2.45) is 0 Å². The molecule has 31 heavy (non-hydrogen) atoms. The number of carbonyl (C=O) groups excluding carboxylic acids is 2. The number of nitrogens with zero attached hydrogens (tertiary/aromatic N) is 1. The molecule has 1 unspecified atom stereocenters. The molecule has 5 nitrogen and oxygen atoms in total. The minimum atomic E-state index is -0.642. The fourth-order valence-corrected chi connectivity index (χ4v) is 3.82. The lowest BCUT2D eigenvalue weighted by Crippen LogP contribution is -2.30. The van der Waals surface area contributed by atoms with E-state index in [0.717, 1.165) is 36.0 Å². The Labute approximate surface area is 184 Å². The van der Waals surface area contributed by atoms with Gasteiger partial charge in [0.1, 0.15) is 11.5 Å². The van der Waals surface area contributed by atoms with Crippen LogP contribution in [0.3, 0.4) is 0 Å². The van der Waals surface area contributed by atoms with E-state index >= 15 is 0 Å². The molecule has 1 aliphatic rings. The molecule has 0 bridgehead atoms. The van der Waals surface area contributed by atoms with Gasteiger partial charge in [-0.25, -0.2) is 0 Å². The van der Waals surface area contributed by atoms with E-state index < -0.39 is 17.7 Å². The highest BCUT2D eigenvalue weighted by molar-refractivity contribution is 6.46. The summed E-state index contributed by atoms with van der Waals surface area (Å²) in [6, 6.07) is 12.4. The van der Waals surface area contributed by atoms with E-state index in [9.17, 15) is 14.7 Å². The van der Waals surface area contributed by atoms with Gasteiger partial charge in [-0.3, -0.25) is 9.59 Å². The third kappa shape index (κ3) is 4.66. The van der Waals surface area contributed by atoms with Crippen LogP contribution in [0.15, 0.2) is 48.0 Å². The van der Waals surface area contributed by atoms with Crippen molar-refractivity contribution >= 4 is 17.4 Å². The van der Waals surface area contributed by atoms with Gasteiger partial charge in [0.05, 0.1) is 18.2 Å². The predicted molar refractivity (Wildman–Crippen MR) is 122 cm³/mol. The fourth-order valence-electron chi connectivity index (χ4n) is 3.82. The topological polar surface area (TPSA) is 66.8 Å². The molecule has 0 aromatic heterocycles. The first-order valence-electron chi connectivity index (χ1n) is 11.0. The first-order valence-corrected chi connectivity index (χ1v) is 11.0. The number of likely N-dealkylation sites (tertiary alicyclic amines) is 1. The van der Waals surface area contributed by atoms with E-state index in [1.54, 1.807) is 11.0 Å². The van der Waals surface area contributed by atoms with Crippen LogP contribution in [0.25, 0.3) is 5.76 Å². The number of hydrogen-bond donors (Lipinski definition) is 1. The van der Waals surface area contributed by atoms with Crippen molar-refractivity contribution in [3.05, 3.63) is 70.3 Å². The van der Waals surface area contributed by atoms with Crippen molar-refractivity contribution in [2.75, 3.05) is 13.2 Å². The molecular formula is C26H31NO4. The van der Waals surface area contributed by atoms with Gasteiger partial charge in [-0.15, -0.1) is 0 Å². The fraction of sp³-hybridized carbons (Fsp3) is 0.385. The Morgan fingerprint density at radius 3 is 2.48 bits per heavy atom. The van der Waals surface area contributed by atoms with Crippen molar-refractivity contribution in [3.63, 3.8) is 0 Å². The van der Waals surface area contributed by atoms with Crippen LogP contribution in [0.5, 0.6) is 5.75 Å². The van der Waals surface area contributed by atoms with Gasteiger partial charge >= 0.3 is 0 Å². The number of Topliss-reactive ketones (excluding diaryl/α,β-unsaturated/α-hetero) is 1. The molecule has 0 spiro atoms. The van der Waals surface area contributed by atoms with Crippen LogP contribution < -0.4 is 4.74 Å². The molecule has 0 saturated carbocycles. The Bertz CT molecular complexity index is 1010. The maximum absolute atomic E-state index is 13.0. The molecule has 0 radical (unpaired) electrons. The van der Waals surface area contributed by atoms with Crippen molar-refractivity contribution in [3.8, 4) is 5.75 Å². The average Bonchev–Trinajstić information content (AvgIpc) is 3.02. The second-order valence-corrected chi connectivity index (χ2v) is 8.07. The summed E-state index contributed by atoms with van der Waals surface area (Å²) < 4.78 is 5.77. The normalized spacial score (nSPS) is 17.9. The number of rotatable bonds is 8. The first kappa shape index (κ1) is 22.6. The number of aliphatic hydroxyl groups is 1. The number of aryl methyl sites for hydroxylation is 2. The van der Waals surface area contributed by atoms with Crippen molar-refractivity contribution in [1.82, 2.24) is 4.90 Å². The zero-order valence-corrected chi connectivity index (χ0v) is 18.8. The number of carbonyl (C=O) groups is 2. The monoisotopic (exact) mass is 421 g/mol. The van der Waals surface area contributed by atoms with Crippen LogP contribution in [-0.4, -0.2) is 34.8 Å². The third-order valence-electron chi connectivity index (χ3n) is 5.72. The van der Waals surface area contributed by atoms with E-state index in [0.29, 0.717) is 24.5 Å². The van der Waals surface area contributed by atoms with E-state index in [1.165, 1.54) is 0 Å². The highest BCUT2D eigenvalue weighted by atomic mass is 16.5. The van der Waals surface area contributed by atoms with Gasteiger partial charge in [-0.2, -0.15) is 0 Å². The molecule has 0 aliphatic carbocycles. The third-order valence-corrected chi connectivity index (χ3v) is 5.72. The molecule has 1 saturated heterocycles. The second-order valence-electron chi connectivity index (χ2n) is 8.07. The van der Waals surface area contributed by atoms with Gasteiger partial charge in [0, 0.05) is 12.1 Å². The summed E-state index contributed by atoms with van der Waals surface area (Å²) >= 11 is 0. The summed E-state index contributed by atoms with van der Waals surface area (Å²) in [4.78, 5) is 27.5. The molecule has 1 fully saturated rings. The lowest BCUT2D eigenvalue weighted by molar-refractivity contribution is -0.139. The van der Waals surface area contributed by atoms with E-state index in [2.05, 4.69) is 0 Å². The SMILES string of the molecule is CCCCN1C(=O)C(=O)/C(=C(\O)c2ccc(C)c(C)c2)C1c1cccc(OCCC)c1. The summed E-state index contributed by atoms with van der Waals surface area (Å²) in [5, 5.41) is 11.2. The Morgan fingerprint density at radius 2 is 1.81 bits per heavy atom. The molecular weight excluding hydrogens is 390 g/mol. The Hall–Kier alpha value is -3.08. The summed E-state index contributed by atoms with van der Waals surface area (Å²) in [6.45, 7) is 9.06. The number of ether oxygens (including phenoxy) is 1. The minimum Gasteiger partial charge on any atom is -0.507 e. The largest absolute Gasteiger partial charge is 0.507 e. The van der Waals surface area contributed by atoms with Crippen LogP contribution in [-0.2, 0) is 9.59 Å². The van der Waals surface area contributed by atoms with Gasteiger partial charge in [-0.05, 0) is 61.6 Å². The highest BCUT2D eigenvalue weighted by Crippen LogP contribution is 2.40.